The van der Waals surface area contributed by atoms with Gasteiger partial charge in [0.05, 0.1) is 0 Å². The molecule has 1 N–H and O–H groups in total. The van der Waals surface area contributed by atoms with E-state index >= 15 is 0 Å². The number of rotatable bonds is 3. The molecule has 2 saturated carbocycles. The number of benzene rings is 1. The van der Waals surface area contributed by atoms with Crippen LogP contribution in [-0.4, -0.2) is 19.2 Å². The molecule has 20 heavy (non-hydrogen) atoms. The summed E-state index contributed by atoms with van der Waals surface area (Å²) in [6, 6.07) is 5.55. The second kappa shape index (κ2) is 5.64. The minimum Gasteiger partial charge on any atom is -0.487 e. The van der Waals surface area contributed by atoms with Gasteiger partial charge >= 0.3 is 0 Å². The highest BCUT2D eigenvalue weighted by molar-refractivity contribution is 9.10. The molecule has 0 aliphatic heterocycles. The quantitative estimate of drug-likeness (QED) is 0.885. The van der Waals surface area contributed by atoms with Gasteiger partial charge in [0.1, 0.15) is 6.10 Å². The molecule has 2 unspecified atom stereocenters. The molecule has 2 atom stereocenters. The third-order valence-electron chi connectivity index (χ3n) is 5.08. The lowest BCUT2D eigenvalue weighted by Gasteiger charge is -2.57. The van der Waals surface area contributed by atoms with Crippen LogP contribution < -0.4 is 10.1 Å². The Balaban J connectivity index is 1.77. The number of nitrogens with one attached hydrogen (secondary N) is 1. The monoisotopic (exact) mass is 341 g/mol. The Bertz CT molecular complexity index is 487. The van der Waals surface area contributed by atoms with Crippen molar-refractivity contribution >= 4 is 15.9 Å². The lowest BCUT2D eigenvalue weighted by atomic mass is 9.55. The summed E-state index contributed by atoms with van der Waals surface area (Å²) >= 11 is 3.28. The van der Waals surface area contributed by atoms with Crippen LogP contribution in [0.15, 0.2) is 22.7 Å². The first kappa shape index (κ1) is 14.3. The predicted octanol–water partition coefficient (Wildman–Crippen LogP) is 4.28. The molecule has 0 saturated heterocycles. The second-order valence-corrected chi connectivity index (χ2v) is 6.97. The van der Waals surface area contributed by atoms with Gasteiger partial charge in [-0.2, -0.15) is 0 Å². The van der Waals surface area contributed by atoms with Crippen molar-refractivity contribution < 1.29 is 9.13 Å². The Hall–Kier alpha value is -0.610. The summed E-state index contributed by atoms with van der Waals surface area (Å²) in [5, 5.41) is 3.42. The van der Waals surface area contributed by atoms with Gasteiger partial charge in [-0.15, -0.1) is 0 Å². The number of hydrogen-bond donors (Lipinski definition) is 1. The first-order chi connectivity index (χ1) is 9.65. The molecular formula is C16H21BrFNO. The van der Waals surface area contributed by atoms with Crippen molar-refractivity contribution in [2.75, 3.05) is 7.05 Å². The molecule has 3 rings (SSSR count). The van der Waals surface area contributed by atoms with E-state index in [4.69, 9.17) is 4.74 Å². The van der Waals surface area contributed by atoms with E-state index in [-0.39, 0.29) is 17.3 Å². The molecule has 1 aromatic rings. The van der Waals surface area contributed by atoms with Crippen LogP contribution in [0.5, 0.6) is 5.75 Å². The van der Waals surface area contributed by atoms with Crippen molar-refractivity contribution in [1.82, 2.24) is 5.32 Å². The zero-order chi connectivity index (χ0) is 14.2. The fourth-order valence-corrected chi connectivity index (χ4v) is 4.26. The van der Waals surface area contributed by atoms with E-state index in [9.17, 15) is 4.39 Å². The number of halogens is 2. The van der Waals surface area contributed by atoms with Gasteiger partial charge in [0, 0.05) is 22.4 Å². The Kier molecular flexibility index (Phi) is 4.04. The van der Waals surface area contributed by atoms with Crippen LogP contribution in [0.3, 0.4) is 0 Å². The third-order valence-corrected chi connectivity index (χ3v) is 5.57. The van der Waals surface area contributed by atoms with E-state index in [2.05, 4.69) is 21.2 Å². The minimum atomic E-state index is -0.279. The van der Waals surface area contributed by atoms with E-state index in [1.54, 1.807) is 6.07 Å². The largest absolute Gasteiger partial charge is 0.487 e. The Morgan fingerprint density at radius 2 is 2.05 bits per heavy atom. The van der Waals surface area contributed by atoms with E-state index in [0.717, 1.165) is 10.9 Å². The lowest BCUT2D eigenvalue weighted by molar-refractivity contribution is -0.102. The summed E-state index contributed by atoms with van der Waals surface area (Å²) in [4.78, 5) is 0. The summed E-state index contributed by atoms with van der Waals surface area (Å²) in [7, 11) is 2.03. The summed E-state index contributed by atoms with van der Waals surface area (Å²) in [6.45, 7) is 0. The molecule has 0 heterocycles. The van der Waals surface area contributed by atoms with Crippen molar-refractivity contribution in [3.8, 4) is 5.75 Å². The molecule has 2 fully saturated rings. The average Bonchev–Trinajstić information content (AvgIpc) is 2.45. The van der Waals surface area contributed by atoms with E-state index in [1.165, 1.54) is 38.2 Å². The normalized spacial score (nSPS) is 28.1. The molecular weight excluding hydrogens is 321 g/mol. The first-order valence-electron chi connectivity index (χ1n) is 7.45. The van der Waals surface area contributed by atoms with Crippen LogP contribution in [0.4, 0.5) is 4.39 Å². The predicted molar refractivity (Wildman–Crippen MR) is 81.5 cm³/mol. The number of hydrogen-bond acceptors (Lipinski definition) is 2. The van der Waals surface area contributed by atoms with E-state index in [0.29, 0.717) is 11.8 Å². The van der Waals surface area contributed by atoms with Crippen molar-refractivity contribution in [3.05, 3.63) is 28.5 Å². The molecule has 2 aliphatic carbocycles. The van der Waals surface area contributed by atoms with Crippen LogP contribution >= 0.6 is 15.9 Å². The molecule has 2 nitrogen and oxygen atoms in total. The summed E-state index contributed by atoms with van der Waals surface area (Å²) in [6.07, 6.45) is 7.37. The van der Waals surface area contributed by atoms with E-state index < -0.39 is 0 Å². The topological polar surface area (TPSA) is 21.3 Å². The molecule has 0 bridgehead atoms. The zero-order valence-electron chi connectivity index (χ0n) is 11.8. The van der Waals surface area contributed by atoms with Crippen LogP contribution in [0.25, 0.3) is 0 Å². The van der Waals surface area contributed by atoms with Gasteiger partial charge in [0.2, 0.25) is 0 Å². The standard InChI is InChI=1S/C16H21BrFNO/c1-19-14-10-15(16(14)7-3-2-4-8-16)20-13-6-5-11(17)9-12(13)18/h5-6,9,14-15,19H,2-4,7-8,10H2,1H3. The maximum Gasteiger partial charge on any atom is 0.166 e. The maximum absolute atomic E-state index is 13.9. The van der Waals surface area contributed by atoms with Crippen molar-refractivity contribution in [2.24, 2.45) is 5.41 Å². The fourth-order valence-electron chi connectivity index (χ4n) is 3.92. The van der Waals surface area contributed by atoms with Crippen LogP contribution in [-0.2, 0) is 0 Å². The summed E-state index contributed by atoms with van der Waals surface area (Å²) in [5.41, 5.74) is 0.215. The van der Waals surface area contributed by atoms with Crippen LogP contribution in [0.2, 0.25) is 0 Å². The molecule has 0 aromatic heterocycles. The molecule has 4 heteroatoms. The SMILES string of the molecule is CNC1CC(Oc2ccc(Br)cc2F)C12CCCCC2. The summed E-state index contributed by atoms with van der Waals surface area (Å²) < 4.78 is 20.7. The molecule has 0 radical (unpaired) electrons. The Labute approximate surface area is 128 Å². The van der Waals surface area contributed by atoms with Crippen LogP contribution in [0.1, 0.15) is 38.5 Å². The van der Waals surface area contributed by atoms with Gasteiger partial charge in [-0.25, -0.2) is 4.39 Å². The highest BCUT2D eigenvalue weighted by Gasteiger charge is 2.56. The molecule has 1 spiro atoms. The fraction of sp³-hybridized carbons (Fsp3) is 0.625. The summed E-state index contributed by atoms with van der Waals surface area (Å²) in [5.74, 6) is 0.107. The van der Waals surface area contributed by atoms with Crippen molar-refractivity contribution in [3.63, 3.8) is 0 Å². The molecule has 1 aromatic carbocycles. The molecule has 110 valence electrons. The average molecular weight is 342 g/mol. The lowest BCUT2D eigenvalue weighted by Crippen LogP contribution is -2.64. The van der Waals surface area contributed by atoms with Gasteiger partial charge in [-0.1, -0.05) is 35.2 Å². The van der Waals surface area contributed by atoms with Gasteiger partial charge < -0.3 is 10.1 Å². The maximum atomic E-state index is 13.9. The highest BCUT2D eigenvalue weighted by atomic mass is 79.9. The molecule has 0 amide bonds. The van der Waals surface area contributed by atoms with Gasteiger partial charge in [-0.3, -0.25) is 0 Å². The third kappa shape index (κ3) is 2.37. The Morgan fingerprint density at radius 3 is 2.70 bits per heavy atom. The van der Waals surface area contributed by atoms with Crippen molar-refractivity contribution in [1.29, 1.82) is 0 Å². The first-order valence-corrected chi connectivity index (χ1v) is 8.24. The van der Waals surface area contributed by atoms with Crippen LogP contribution in [0, 0.1) is 11.2 Å². The smallest absolute Gasteiger partial charge is 0.166 e. The number of ether oxygens (including phenoxy) is 1. The van der Waals surface area contributed by atoms with Crippen molar-refractivity contribution in [2.45, 2.75) is 50.7 Å². The van der Waals surface area contributed by atoms with Gasteiger partial charge in [0.25, 0.3) is 0 Å². The molecule has 2 aliphatic rings. The van der Waals surface area contributed by atoms with Gasteiger partial charge in [-0.05, 0) is 38.1 Å². The Morgan fingerprint density at radius 1 is 1.30 bits per heavy atom. The highest BCUT2D eigenvalue weighted by Crippen LogP contribution is 2.53. The minimum absolute atomic E-state index is 0.149. The van der Waals surface area contributed by atoms with Gasteiger partial charge in [0.15, 0.2) is 11.6 Å². The van der Waals surface area contributed by atoms with E-state index in [1.807, 2.05) is 13.1 Å². The second-order valence-electron chi connectivity index (χ2n) is 6.05. The zero-order valence-corrected chi connectivity index (χ0v) is 13.4.